The summed E-state index contributed by atoms with van der Waals surface area (Å²) in [5.74, 6) is 0. The van der Waals surface area contributed by atoms with E-state index in [1.54, 1.807) is 0 Å². The van der Waals surface area contributed by atoms with Gasteiger partial charge in [0, 0.05) is 44.0 Å². The van der Waals surface area contributed by atoms with Crippen LogP contribution in [0.2, 0.25) is 0 Å². The minimum atomic E-state index is 0.711. The Hall–Kier alpha value is -1.06. The SMILES string of the molecule is c1ccc(NCCNC2CCN(C3CC3)C2)cc1. The van der Waals surface area contributed by atoms with E-state index in [1.165, 1.54) is 38.0 Å². The van der Waals surface area contributed by atoms with E-state index < -0.39 is 0 Å². The lowest BCUT2D eigenvalue weighted by molar-refractivity contribution is 0.318. The van der Waals surface area contributed by atoms with Crippen molar-refractivity contribution >= 4 is 5.69 Å². The average Bonchev–Trinajstić information content (AvgIpc) is 3.16. The Morgan fingerprint density at radius 3 is 2.67 bits per heavy atom. The highest BCUT2D eigenvalue weighted by molar-refractivity contribution is 5.42. The number of para-hydroxylation sites is 1. The maximum atomic E-state index is 3.66. The molecule has 0 bridgehead atoms. The second kappa shape index (κ2) is 5.72. The van der Waals surface area contributed by atoms with Gasteiger partial charge in [-0.15, -0.1) is 0 Å². The van der Waals surface area contributed by atoms with Gasteiger partial charge in [0.1, 0.15) is 0 Å². The monoisotopic (exact) mass is 245 g/mol. The molecule has 0 aromatic heterocycles. The molecule has 1 unspecified atom stereocenters. The van der Waals surface area contributed by atoms with Crippen molar-refractivity contribution in [3.8, 4) is 0 Å². The van der Waals surface area contributed by atoms with E-state index in [0.717, 1.165) is 19.1 Å². The van der Waals surface area contributed by atoms with E-state index in [9.17, 15) is 0 Å². The first-order valence-corrected chi connectivity index (χ1v) is 7.18. The predicted octanol–water partition coefficient (Wildman–Crippen LogP) is 1.92. The molecule has 1 atom stereocenters. The molecule has 0 spiro atoms. The smallest absolute Gasteiger partial charge is 0.0340 e. The summed E-state index contributed by atoms with van der Waals surface area (Å²) in [5.41, 5.74) is 1.21. The lowest BCUT2D eigenvalue weighted by Gasteiger charge is -2.16. The van der Waals surface area contributed by atoms with E-state index in [-0.39, 0.29) is 0 Å². The Kier molecular flexibility index (Phi) is 3.81. The first kappa shape index (κ1) is 12.0. The molecule has 2 N–H and O–H groups in total. The maximum absolute atomic E-state index is 3.66. The molecule has 98 valence electrons. The standard InChI is InChI=1S/C15H23N3/c1-2-4-13(5-3-1)16-9-10-17-14-8-11-18(12-14)15-6-7-15/h1-5,14-17H,6-12H2. The summed E-state index contributed by atoms with van der Waals surface area (Å²) in [7, 11) is 0. The fourth-order valence-corrected chi connectivity index (χ4v) is 2.76. The fourth-order valence-electron chi connectivity index (χ4n) is 2.76. The number of rotatable bonds is 6. The number of nitrogens with zero attached hydrogens (tertiary/aromatic N) is 1. The lowest BCUT2D eigenvalue weighted by atomic mass is 10.2. The van der Waals surface area contributed by atoms with Crippen molar-refractivity contribution in [3.05, 3.63) is 30.3 Å². The normalized spacial score (nSPS) is 24.3. The van der Waals surface area contributed by atoms with Crippen LogP contribution in [0.25, 0.3) is 0 Å². The zero-order valence-electron chi connectivity index (χ0n) is 10.9. The fraction of sp³-hybridized carbons (Fsp3) is 0.600. The number of likely N-dealkylation sites (tertiary alicyclic amines) is 1. The first-order chi connectivity index (χ1) is 8.92. The van der Waals surface area contributed by atoms with Gasteiger partial charge in [0.05, 0.1) is 0 Å². The van der Waals surface area contributed by atoms with Crippen LogP contribution in [0, 0.1) is 0 Å². The van der Waals surface area contributed by atoms with Crippen molar-refractivity contribution in [3.63, 3.8) is 0 Å². The van der Waals surface area contributed by atoms with Gasteiger partial charge in [-0.05, 0) is 31.4 Å². The Morgan fingerprint density at radius 2 is 1.89 bits per heavy atom. The van der Waals surface area contributed by atoms with Crippen LogP contribution in [0.4, 0.5) is 5.69 Å². The lowest BCUT2D eigenvalue weighted by Crippen LogP contribution is -2.35. The molecule has 1 aliphatic carbocycles. The van der Waals surface area contributed by atoms with Gasteiger partial charge in [-0.2, -0.15) is 0 Å². The van der Waals surface area contributed by atoms with E-state index in [0.29, 0.717) is 6.04 Å². The van der Waals surface area contributed by atoms with Crippen LogP contribution in [0.3, 0.4) is 0 Å². The van der Waals surface area contributed by atoms with Gasteiger partial charge in [0.15, 0.2) is 0 Å². The van der Waals surface area contributed by atoms with Crippen LogP contribution in [0.5, 0.6) is 0 Å². The van der Waals surface area contributed by atoms with E-state index in [4.69, 9.17) is 0 Å². The van der Waals surface area contributed by atoms with Crippen molar-refractivity contribution in [2.24, 2.45) is 0 Å². The number of anilines is 1. The zero-order valence-corrected chi connectivity index (χ0v) is 10.9. The summed E-state index contributed by atoms with van der Waals surface area (Å²) >= 11 is 0. The highest BCUT2D eigenvalue weighted by atomic mass is 15.2. The zero-order chi connectivity index (χ0) is 12.2. The van der Waals surface area contributed by atoms with Gasteiger partial charge < -0.3 is 10.6 Å². The molecular formula is C15H23N3. The summed E-state index contributed by atoms with van der Waals surface area (Å²) in [4.78, 5) is 2.66. The van der Waals surface area contributed by atoms with Crippen molar-refractivity contribution in [2.75, 3.05) is 31.5 Å². The molecule has 0 radical (unpaired) electrons. The molecular weight excluding hydrogens is 222 g/mol. The predicted molar refractivity (Wildman–Crippen MR) is 75.9 cm³/mol. The summed E-state index contributed by atoms with van der Waals surface area (Å²) in [6, 6.07) is 12.1. The average molecular weight is 245 g/mol. The maximum Gasteiger partial charge on any atom is 0.0340 e. The Bertz CT molecular complexity index is 361. The molecule has 2 fully saturated rings. The molecule has 3 nitrogen and oxygen atoms in total. The van der Waals surface area contributed by atoms with Gasteiger partial charge in [0.2, 0.25) is 0 Å². The summed E-state index contributed by atoms with van der Waals surface area (Å²) < 4.78 is 0. The molecule has 3 rings (SSSR count). The molecule has 2 aliphatic rings. The van der Waals surface area contributed by atoms with Crippen molar-refractivity contribution in [1.82, 2.24) is 10.2 Å². The Morgan fingerprint density at radius 1 is 1.06 bits per heavy atom. The summed E-state index contributed by atoms with van der Waals surface area (Å²) in [6.07, 6.45) is 4.19. The molecule has 1 heterocycles. The highest BCUT2D eigenvalue weighted by Gasteiger charge is 2.33. The third-order valence-electron chi connectivity index (χ3n) is 3.94. The van der Waals surface area contributed by atoms with Crippen LogP contribution in [-0.4, -0.2) is 43.2 Å². The van der Waals surface area contributed by atoms with Gasteiger partial charge in [-0.1, -0.05) is 18.2 Å². The van der Waals surface area contributed by atoms with Gasteiger partial charge in [-0.25, -0.2) is 0 Å². The molecule has 1 aromatic carbocycles. The second-order valence-corrected chi connectivity index (χ2v) is 5.46. The van der Waals surface area contributed by atoms with Crippen molar-refractivity contribution in [2.45, 2.75) is 31.3 Å². The van der Waals surface area contributed by atoms with E-state index in [2.05, 4.69) is 45.9 Å². The van der Waals surface area contributed by atoms with Crippen LogP contribution in [0.1, 0.15) is 19.3 Å². The molecule has 18 heavy (non-hydrogen) atoms. The Labute approximate surface area is 110 Å². The van der Waals surface area contributed by atoms with Crippen molar-refractivity contribution < 1.29 is 0 Å². The first-order valence-electron chi connectivity index (χ1n) is 7.18. The largest absolute Gasteiger partial charge is 0.384 e. The highest BCUT2D eigenvalue weighted by Crippen LogP contribution is 2.29. The number of hydrogen-bond donors (Lipinski definition) is 2. The number of hydrogen-bond acceptors (Lipinski definition) is 3. The quantitative estimate of drug-likeness (QED) is 0.750. The summed E-state index contributed by atoms with van der Waals surface area (Å²) in [6.45, 7) is 4.62. The molecule has 1 saturated carbocycles. The molecule has 1 saturated heterocycles. The Balaban J connectivity index is 1.31. The molecule has 3 heteroatoms. The van der Waals surface area contributed by atoms with Gasteiger partial charge in [0.25, 0.3) is 0 Å². The second-order valence-electron chi connectivity index (χ2n) is 5.46. The number of nitrogens with one attached hydrogen (secondary N) is 2. The minimum Gasteiger partial charge on any atom is -0.384 e. The van der Waals surface area contributed by atoms with Crippen LogP contribution < -0.4 is 10.6 Å². The van der Waals surface area contributed by atoms with Crippen LogP contribution in [0.15, 0.2) is 30.3 Å². The molecule has 0 amide bonds. The third-order valence-corrected chi connectivity index (χ3v) is 3.94. The van der Waals surface area contributed by atoms with E-state index >= 15 is 0 Å². The topological polar surface area (TPSA) is 27.3 Å². The van der Waals surface area contributed by atoms with Crippen molar-refractivity contribution in [1.29, 1.82) is 0 Å². The van der Waals surface area contributed by atoms with Gasteiger partial charge >= 0.3 is 0 Å². The van der Waals surface area contributed by atoms with Crippen LogP contribution >= 0.6 is 0 Å². The summed E-state index contributed by atoms with van der Waals surface area (Å²) in [5, 5.41) is 7.10. The van der Waals surface area contributed by atoms with Crippen LogP contribution in [-0.2, 0) is 0 Å². The minimum absolute atomic E-state index is 0.711. The van der Waals surface area contributed by atoms with E-state index in [1.807, 2.05) is 0 Å². The molecule has 1 aliphatic heterocycles. The third kappa shape index (κ3) is 3.24. The van der Waals surface area contributed by atoms with Gasteiger partial charge in [-0.3, -0.25) is 4.90 Å². The number of benzene rings is 1. The molecule has 1 aromatic rings.